The van der Waals surface area contributed by atoms with E-state index in [2.05, 4.69) is 16.6 Å². The quantitative estimate of drug-likeness (QED) is 0.468. The highest BCUT2D eigenvalue weighted by Gasteiger charge is 1.99. The molecule has 0 spiro atoms. The van der Waals surface area contributed by atoms with Crippen molar-refractivity contribution in [3.05, 3.63) is 34.9 Å². The molecular formula is C12H9NO2. The van der Waals surface area contributed by atoms with Crippen molar-refractivity contribution in [1.29, 1.82) is 5.26 Å². The highest BCUT2D eigenvalue weighted by atomic mass is 16.5. The lowest BCUT2D eigenvalue weighted by Crippen LogP contribution is -1.95. The summed E-state index contributed by atoms with van der Waals surface area (Å²) in [6.07, 6.45) is 0. The zero-order valence-corrected chi connectivity index (χ0v) is 8.50. The fourth-order valence-electron chi connectivity index (χ4n) is 1.03. The van der Waals surface area contributed by atoms with E-state index in [-0.39, 0.29) is 0 Å². The summed E-state index contributed by atoms with van der Waals surface area (Å²) in [5, 5.41) is 8.80. The topological polar surface area (TPSA) is 50.1 Å². The number of nitriles is 1. The first-order valence-corrected chi connectivity index (χ1v) is 4.28. The highest BCUT2D eigenvalue weighted by molar-refractivity contribution is 5.89. The van der Waals surface area contributed by atoms with Gasteiger partial charge >= 0.3 is 5.97 Å². The van der Waals surface area contributed by atoms with E-state index in [0.29, 0.717) is 11.1 Å². The molecule has 3 heteroatoms. The lowest BCUT2D eigenvalue weighted by Gasteiger charge is -1.96. The van der Waals surface area contributed by atoms with Gasteiger partial charge in [-0.1, -0.05) is 12.0 Å². The van der Waals surface area contributed by atoms with Crippen molar-refractivity contribution in [2.75, 3.05) is 7.11 Å². The van der Waals surface area contributed by atoms with Crippen LogP contribution in [0.25, 0.3) is 0 Å². The van der Waals surface area contributed by atoms with Crippen LogP contribution in [0.3, 0.4) is 0 Å². The van der Waals surface area contributed by atoms with Gasteiger partial charge in [0.25, 0.3) is 0 Å². The largest absolute Gasteiger partial charge is 0.459 e. The minimum absolute atomic E-state index is 0.456. The summed E-state index contributed by atoms with van der Waals surface area (Å²) in [5.41, 5.74) is 1.99. The normalized spacial score (nSPS) is 8.33. The molecule has 1 aromatic carbocycles. The van der Waals surface area contributed by atoms with Gasteiger partial charge in [0.15, 0.2) is 0 Å². The van der Waals surface area contributed by atoms with Gasteiger partial charge in [0.1, 0.15) is 6.07 Å². The zero-order chi connectivity index (χ0) is 11.3. The maximum absolute atomic E-state index is 10.8. The maximum atomic E-state index is 10.8. The predicted molar refractivity (Wildman–Crippen MR) is 54.8 cm³/mol. The summed E-state index contributed by atoms with van der Waals surface area (Å²) >= 11 is 0. The average molecular weight is 199 g/mol. The van der Waals surface area contributed by atoms with Gasteiger partial charge in [-0.25, -0.2) is 4.79 Å². The van der Waals surface area contributed by atoms with Gasteiger partial charge < -0.3 is 4.74 Å². The Morgan fingerprint density at radius 1 is 1.40 bits per heavy atom. The van der Waals surface area contributed by atoms with Crippen LogP contribution in [0.15, 0.2) is 18.2 Å². The lowest BCUT2D eigenvalue weighted by molar-refractivity contribution is -0.133. The summed E-state index contributed by atoms with van der Waals surface area (Å²) in [6, 6.07) is 7.27. The van der Waals surface area contributed by atoms with Crippen LogP contribution in [-0.2, 0) is 9.53 Å². The first-order valence-electron chi connectivity index (χ1n) is 4.28. The van der Waals surface area contributed by atoms with E-state index in [1.807, 2.05) is 19.1 Å². The lowest BCUT2D eigenvalue weighted by atomic mass is 10.1. The molecule has 74 valence electrons. The molecule has 1 aromatic rings. The van der Waals surface area contributed by atoms with E-state index in [1.54, 1.807) is 12.1 Å². The van der Waals surface area contributed by atoms with E-state index < -0.39 is 5.97 Å². The Morgan fingerprint density at radius 3 is 2.73 bits per heavy atom. The highest BCUT2D eigenvalue weighted by Crippen LogP contribution is 2.09. The van der Waals surface area contributed by atoms with E-state index in [4.69, 9.17) is 5.26 Å². The van der Waals surface area contributed by atoms with Gasteiger partial charge in [-0.3, -0.25) is 0 Å². The summed E-state index contributed by atoms with van der Waals surface area (Å²) in [7, 11) is 1.26. The monoisotopic (exact) mass is 199 g/mol. The molecule has 0 saturated heterocycles. The second-order valence-corrected chi connectivity index (χ2v) is 2.90. The van der Waals surface area contributed by atoms with Crippen LogP contribution in [0.2, 0.25) is 0 Å². The number of rotatable bonds is 0. The minimum atomic E-state index is -0.611. The molecule has 15 heavy (non-hydrogen) atoms. The summed E-state index contributed by atoms with van der Waals surface area (Å²) < 4.78 is 4.38. The molecule has 0 aliphatic carbocycles. The molecule has 0 bridgehead atoms. The van der Waals surface area contributed by atoms with Crippen LogP contribution in [0.1, 0.15) is 16.7 Å². The van der Waals surface area contributed by atoms with Gasteiger partial charge in [0, 0.05) is 11.5 Å². The Bertz CT molecular complexity index is 487. The predicted octanol–water partition coefficient (Wildman–Crippen LogP) is 1.39. The van der Waals surface area contributed by atoms with Crippen LogP contribution in [0, 0.1) is 30.1 Å². The summed E-state index contributed by atoms with van der Waals surface area (Å²) in [5.74, 6) is 4.29. The molecule has 0 aromatic heterocycles. The van der Waals surface area contributed by atoms with Gasteiger partial charge in [0.2, 0.25) is 0 Å². The molecule has 0 unspecified atom stereocenters. The van der Waals surface area contributed by atoms with Crippen LogP contribution in [-0.4, -0.2) is 13.1 Å². The average Bonchev–Trinajstić information content (AvgIpc) is 2.26. The van der Waals surface area contributed by atoms with Gasteiger partial charge in [0.05, 0.1) is 12.7 Å². The molecule has 0 aliphatic rings. The van der Waals surface area contributed by atoms with Crippen molar-refractivity contribution in [1.82, 2.24) is 0 Å². The molecule has 0 aliphatic heterocycles. The number of benzene rings is 1. The van der Waals surface area contributed by atoms with Crippen molar-refractivity contribution < 1.29 is 9.53 Å². The van der Waals surface area contributed by atoms with Crippen LogP contribution in [0.5, 0.6) is 0 Å². The molecule has 0 atom stereocenters. The van der Waals surface area contributed by atoms with Crippen LogP contribution >= 0.6 is 0 Å². The Hall–Kier alpha value is -2.26. The summed E-state index contributed by atoms with van der Waals surface area (Å²) in [4.78, 5) is 10.8. The van der Waals surface area contributed by atoms with E-state index in [9.17, 15) is 4.79 Å². The fourth-order valence-corrected chi connectivity index (χ4v) is 1.03. The van der Waals surface area contributed by atoms with Crippen molar-refractivity contribution in [3.63, 3.8) is 0 Å². The fraction of sp³-hybridized carbons (Fsp3) is 0.167. The molecule has 1 rings (SSSR count). The first kappa shape index (κ1) is 10.8. The van der Waals surface area contributed by atoms with E-state index in [0.717, 1.165) is 5.56 Å². The van der Waals surface area contributed by atoms with Gasteiger partial charge in [-0.05, 0) is 24.6 Å². The third-order valence-electron chi connectivity index (χ3n) is 1.78. The van der Waals surface area contributed by atoms with Crippen molar-refractivity contribution in [2.24, 2.45) is 0 Å². The smallest absolute Gasteiger partial charge is 0.384 e. The van der Waals surface area contributed by atoms with Gasteiger partial charge in [-0.2, -0.15) is 5.26 Å². The standard InChI is InChI=1S/C12H9NO2/c1-9-3-4-11(8-13)10(7-9)5-6-12(14)15-2/h3-4,7H,1-2H3. The number of hydrogen-bond acceptors (Lipinski definition) is 3. The molecule has 0 N–H and O–H groups in total. The number of aryl methyl sites for hydroxylation is 1. The Labute approximate surface area is 88.3 Å². The van der Waals surface area contributed by atoms with Crippen molar-refractivity contribution in [2.45, 2.75) is 6.92 Å². The van der Waals surface area contributed by atoms with Crippen LogP contribution < -0.4 is 0 Å². The third-order valence-corrected chi connectivity index (χ3v) is 1.78. The molecular weight excluding hydrogens is 190 g/mol. The molecule has 3 nitrogen and oxygen atoms in total. The van der Waals surface area contributed by atoms with Gasteiger partial charge in [-0.15, -0.1) is 0 Å². The van der Waals surface area contributed by atoms with E-state index in [1.165, 1.54) is 7.11 Å². The first-order chi connectivity index (χ1) is 7.17. The SMILES string of the molecule is COC(=O)C#Cc1cc(C)ccc1C#N. The van der Waals surface area contributed by atoms with Crippen molar-refractivity contribution in [3.8, 4) is 17.9 Å². The minimum Gasteiger partial charge on any atom is -0.459 e. The van der Waals surface area contributed by atoms with E-state index >= 15 is 0 Å². The zero-order valence-electron chi connectivity index (χ0n) is 8.50. The Kier molecular flexibility index (Phi) is 3.49. The van der Waals surface area contributed by atoms with Crippen LogP contribution in [0.4, 0.5) is 0 Å². The second-order valence-electron chi connectivity index (χ2n) is 2.90. The Balaban J connectivity index is 3.12. The number of nitrogens with zero attached hydrogens (tertiary/aromatic N) is 1. The summed E-state index contributed by atoms with van der Waals surface area (Å²) in [6.45, 7) is 1.89. The molecule has 0 fully saturated rings. The number of methoxy groups -OCH3 is 1. The number of ether oxygens (including phenoxy) is 1. The number of carbonyl (C=O) groups excluding carboxylic acids is 1. The molecule has 0 radical (unpaired) electrons. The molecule has 0 heterocycles. The van der Waals surface area contributed by atoms with Crippen molar-refractivity contribution >= 4 is 5.97 Å². The number of esters is 1. The third kappa shape index (κ3) is 2.86. The number of hydrogen-bond donors (Lipinski definition) is 0. The second kappa shape index (κ2) is 4.83. The molecule has 0 amide bonds. The Morgan fingerprint density at radius 2 is 2.13 bits per heavy atom. The number of carbonyl (C=O) groups is 1. The maximum Gasteiger partial charge on any atom is 0.384 e. The molecule has 0 saturated carbocycles.